The van der Waals surface area contributed by atoms with Crippen LogP contribution < -0.4 is 5.73 Å². The minimum atomic E-state index is 0.0689. The minimum Gasteiger partial charge on any atom is -0.324 e. The van der Waals surface area contributed by atoms with E-state index in [2.05, 4.69) is 28.7 Å². The molecule has 0 heterocycles. The maximum absolute atomic E-state index is 8.90. The molecule has 0 bridgehead atoms. The summed E-state index contributed by atoms with van der Waals surface area (Å²) in [5, 5.41) is 8.90. The van der Waals surface area contributed by atoms with Crippen molar-refractivity contribution in [2.75, 3.05) is 0 Å². The van der Waals surface area contributed by atoms with Gasteiger partial charge in [-0.15, -0.1) is 0 Å². The predicted octanol–water partition coefficient (Wildman–Crippen LogP) is 2.11. The largest absolute Gasteiger partial charge is 0.324 e. The third-order valence-electron chi connectivity index (χ3n) is 2.50. The van der Waals surface area contributed by atoms with E-state index in [9.17, 15) is 0 Å². The summed E-state index contributed by atoms with van der Waals surface area (Å²) in [5.74, 6) is 0. The van der Waals surface area contributed by atoms with E-state index in [1.165, 1.54) is 9.13 Å². The zero-order valence-electron chi connectivity index (χ0n) is 7.05. The average molecular weight is 284 g/mol. The second-order valence-electron chi connectivity index (χ2n) is 3.24. The molecule has 2 N–H and O–H groups in total. The Balaban J connectivity index is 2.68. The van der Waals surface area contributed by atoms with Crippen molar-refractivity contribution in [3.63, 3.8) is 0 Å². The van der Waals surface area contributed by atoms with E-state index in [1.807, 2.05) is 12.1 Å². The molecule has 0 saturated carbocycles. The quantitative estimate of drug-likeness (QED) is 0.742. The summed E-state index contributed by atoms with van der Waals surface area (Å²) < 4.78 is 1.24. The van der Waals surface area contributed by atoms with E-state index in [4.69, 9.17) is 11.0 Å². The molecular weight excluding hydrogens is 275 g/mol. The number of hydrogen-bond donors (Lipinski definition) is 1. The molecule has 66 valence electrons. The number of fused-ring (bicyclic) bond motifs is 1. The van der Waals surface area contributed by atoms with E-state index in [0.29, 0.717) is 0 Å². The first-order valence-corrected chi connectivity index (χ1v) is 5.29. The Labute approximate surface area is 90.9 Å². The number of rotatable bonds is 0. The van der Waals surface area contributed by atoms with Gasteiger partial charge in [-0.2, -0.15) is 5.26 Å². The van der Waals surface area contributed by atoms with Crippen molar-refractivity contribution in [2.45, 2.75) is 18.9 Å². The second-order valence-corrected chi connectivity index (χ2v) is 4.41. The lowest BCUT2D eigenvalue weighted by Gasteiger charge is -2.07. The summed E-state index contributed by atoms with van der Waals surface area (Å²) in [6.45, 7) is 0. The van der Waals surface area contributed by atoms with Gasteiger partial charge in [0.15, 0.2) is 0 Å². The highest BCUT2D eigenvalue weighted by Crippen LogP contribution is 2.34. The van der Waals surface area contributed by atoms with Crippen LogP contribution >= 0.6 is 22.6 Å². The highest BCUT2D eigenvalue weighted by Gasteiger charge is 2.24. The molecule has 1 aliphatic rings. The van der Waals surface area contributed by atoms with Crippen LogP contribution in [-0.2, 0) is 6.42 Å². The van der Waals surface area contributed by atoms with Crippen molar-refractivity contribution in [3.05, 3.63) is 32.4 Å². The van der Waals surface area contributed by atoms with E-state index < -0.39 is 0 Å². The van der Waals surface area contributed by atoms with Crippen LogP contribution in [0.5, 0.6) is 0 Å². The van der Waals surface area contributed by atoms with Gasteiger partial charge in [-0.1, -0.05) is 0 Å². The average Bonchev–Trinajstić information content (AvgIpc) is 2.51. The first kappa shape index (κ1) is 8.97. The second kappa shape index (κ2) is 3.28. The van der Waals surface area contributed by atoms with Crippen molar-refractivity contribution in [1.29, 1.82) is 5.26 Å². The van der Waals surface area contributed by atoms with Crippen LogP contribution in [0.4, 0.5) is 0 Å². The lowest BCUT2D eigenvalue weighted by atomic mass is 10.0. The third kappa shape index (κ3) is 1.34. The Morgan fingerprint density at radius 1 is 1.54 bits per heavy atom. The molecule has 2 rings (SSSR count). The fourth-order valence-corrected chi connectivity index (χ4v) is 2.60. The molecule has 1 aliphatic carbocycles. The monoisotopic (exact) mass is 284 g/mol. The molecule has 0 saturated heterocycles. The van der Waals surface area contributed by atoms with Crippen molar-refractivity contribution in [2.24, 2.45) is 5.73 Å². The Morgan fingerprint density at radius 2 is 2.31 bits per heavy atom. The van der Waals surface area contributed by atoms with Gasteiger partial charge in [0.05, 0.1) is 11.6 Å². The van der Waals surface area contributed by atoms with Crippen LogP contribution in [0.1, 0.15) is 29.2 Å². The zero-order valence-corrected chi connectivity index (χ0v) is 9.21. The Morgan fingerprint density at radius 3 is 3.00 bits per heavy atom. The van der Waals surface area contributed by atoms with Crippen molar-refractivity contribution in [3.8, 4) is 6.07 Å². The summed E-state index contributed by atoms with van der Waals surface area (Å²) in [4.78, 5) is 0. The van der Waals surface area contributed by atoms with Gasteiger partial charge in [0.1, 0.15) is 0 Å². The molecule has 1 aromatic rings. The Kier molecular flexibility index (Phi) is 2.26. The molecule has 0 spiro atoms. The standard InChI is InChI=1S/C10H9IN2/c11-8-3-1-6(5-12)10-7(8)2-4-9(10)13/h1,3,9H,2,4,13H2/t9-/m1/s1. The van der Waals surface area contributed by atoms with Crippen LogP contribution in [0.3, 0.4) is 0 Å². The molecule has 0 amide bonds. The summed E-state index contributed by atoms with van der Waals surface area (Å²) >= 11 is 2.30. The molecule has 0 radical (unpaired) electrons. The van der Waals surface area contributed by atoms with Crippen LogP contribution in [-0.4, -0.2) is 0 Å². The van der Waals surface area contributed by atoms with E-state index in [-0.39, 0.29) is 6.04 Å². The van der Waals surface area contributed by atoms with Crippen molar-refractivity contribution in [1.82, 2.24) is 0 Å². The van der Waals surface area contributed by atoms with E-state index in [1.54, 1.807) is 0 Å². The molecule has 0 aromatic heterocycles. The fraction of sp³-hybridized carbons (Fsp3) is 0.300. The van der Waals surface area contributed by atoms with Gasteiger partial charge in [0, 0.05) is 9.61 Å². The summed E-state index contributed by atoms with van der Waals surface area (Å²) in [6.07, 6.45) is 1.99. The first-order valence-electron chi connectivity index (χ1n) is 4.21. The number of benzene rings is 1. The molecule has 2 nitrogen and oxygen atoms in total. The van der Waals surface area contributed by atoms with Gasteiger partial charge in [0.2, 0.25) is 0 Å². The SMILES string of the molecule is N#Cc1ccc(I)c2c1[C@H](N)CC2. The predicted molar refractivity (Wildman–Crippen MR) is 59.1 cm³/mol. The molecule has 1 atom stereocenters. The van der Waals surface area contributed by atoms with Gasteiger partial charge in [-0.05, 0) is 58.7 Å². The summed E-state index contributed by atoms with van der Waals surface area (Å²) in [6, 6.07) is 6.13. The van der Waals surface area contributed by atoms with Crippen LogP contribution in [0, 0.1) is 14.9 Å². The van der Waals surface area contributed by atoms with Crippen molar-refractivity contribution < 1.29 is 0 Å². The lowest BCUT2D eigenvalue weighted by Crippen LogP contribution is -2.07. The van der Waals surface area contributed by atoms with Gasteiger partial charge in [-0.3, -0.25) is 0 Å². The lowest BCUT2D eigenvalue weighted by molar-refractivity contribution is 0.712. The topological polar surface area (TPSA) is 49.8 Å². The van der Waals surface area contributed by atoms with Gasteiger partial charge < -0.3 is 5.73 Å². The number of nitrogens with two attached hydrogens (primary N) is 1. The molecule has 1 aromatic carbocycles. The van der Waals surface area contributed by atoms with Gasteiger partial charge in [0.25, 0.3) is 0 Å². The van der Waals surface area contributed by atoms with Gasteiger partial charge in [-0.25, -0.2) is 0 Å². The molecule has 0 aliphatic heterocycles. The van der Waals surface area contributed by atoms with Crippen LogP contribution in [0.2, 0.25) is 0 Å². The van der Waals surface area contributed by atoms with Crippen LogP contribution in [0.15, 0.2) is 12.1 Å². The molecule has 3 heteroatoms. The zero-order chi connectivity index (χ0) is 9.42. The van der Waals surface area contributed by atoms with E-state index >= 15 is 0 Å². The fourth-order valence-electron chi connectivity index (χ4n) is 1.86. The van der Waals surface area contributed by atoms with Crippen LogP contribution in [0.25, 0.3) is 0 Å². The van der Waals surface area contributed by atoms with Gasteiger partial charge >= 0.3 is 0 Å². The summed E-state index contributed by atoms with van der Waals surface area (Å²) in [5.41, 5.74) is 9.05. The molecule has 13 heavy (non-hydrogen) atoms. The number of nitriles is 1. The molecule has 0 unspecified atom stereocenters. The first-order chi connectivity index (χ1) is 6.24. The molecule has 0 fully saturated rings. The highest BCUT2D eigenvalue weighted by atomic mass is 127. The van der Waals surface area contributed by atoms with Crippen molar-refractivity contribution >= 4 is 22.6 Å². The third-order valence-corrected chi connectivity index (χ3v) is 3.51. The smallest absolute Gasteiger partial charge is 0.0995 e. The number of nitrogens with zero attached hydrogens (tertiary/aromatic N) is 1. The Bertz CT molecular complexity index is 393. The number of hydrogen-bond acceptors (Lipinski definition) is 2. The maximum Gasteiger partial charge on any atom is 0.0995 e. The maximum atomic E-state index is 8.90. The molecular formula is C10H9IN2. The highest BCUT2D eigenvalue weighted by molar-refractivity contribution is 14.1. The van der Waals surface area contributed by atoms with E-state index in [0.717, 1.165) is 24.0 Å². The minimum absolute atomic E-state index is 0.0689. The summed E-state index contributed by atoms with van der Waals surface area (Å²) in [7, 11) is 0. The normalized spacial score (nSPS) is 19.6. The Hall–Kier alpha value is -0.600. The number of halogens is 1.